The second-order valence-electron chi connectivity index (χ2n) is 2.65. The number of aryl methyl sites for hydroxylation is 1. The van der Waals surface area contributed by atoms with Crippen LogP contribution in [0.5, 0.6) is 0 Å². The van der Waals surface area contributed by atoms with Gasteiger partial charge in [0.25, 0.3) is 0 Å². The Kier molecular flexibility index (Phi) is 3.07. The molecule has 0 radical (unpaired) electrons. The number of hydrogen-bond donors (Lipinski definition) is 0. The normalized spacial score (nSPS) is 10.0. The fourth-order valence-electron chi connectivity index (χ4n) is 0.930. The van der Waals surface area contributed by atoms with Crippen molar-refractivity contribution in [2.45, 2.75) is 13.8 Å². The predicted molar refractivity (Wildman–Crippen MR) is 56.6 cm³/mol. The van der Waals surface area contributed by atoms with Crippen molar-refractivity contribution in [2.24, 2.45) is 0 Å². The van der Waals surface area contributed by atoms with Gasteiger partial charge in [-0.1, -0.05) is 0 Å². The second kappa shape index (κ2) is 3.71. The molecule has 12 heavy (non-hydrogen) atoms. The van der Waals surface area contributed by atoms with Gasteiger partial charge in [0.2, 0.25) is 0 Å². The molecule has 0 amide bonds. The Morgan fingerprint density at radius 2 is 1.92 bits per heavy atom. The molecule has 0 heterocycles. The number of Topliss-reactive ketones (excluding diaryl/α,β-unsaturated/α-hetero) is 1. The minimum Gasteiger partial charge on any atom is -0.295 e. The predicted octanol–water partition coefficient (Wildman–Crippen LogP) is 3.72. The number of carbonyl (C=O) groups excluding carboxylic acids is 1. The Bertz CT molecular complexity index is 308. The third-order valence-electron chi connectivity index (χ3n) is 1.62. The fraction of sp³-hybridized carbons (Fsp3) is 0.222. The van der Waals surface area contributed by atoms with E-state index >= 15 is 0 Å². The summed E-state index contributed by atoms with van der Waals surface area (Å²) in [7, 11) is 0. The van der Waals surface area contributed by atoms with Crippen LogP contribution < -0.4 is 0 Å². The molecule has 0 spiro atoms. The van der Waals surface area contributed by atoms with Gasteiger partial charge in [-0.3, -0.25) is 4.79 Å². The number of benzene rings is 1. The van der Waals surface area contributed by atoms with Gasteiger partial charge in [-0.25, -0.2) is 0 Å². The largest absolute Gasteiger partial charge is 0.295 e. The highest BCUT2D eigenvalue weighted by atomic mass is 79.9. The summed E-state index contributed by atoms with van der Waals surface area (Å²) in [4.78, 5) is 11.0. The Hall–Kier alpha value is -0.150. The van der Waals surface area contributed by atoms with Crippen molar-refractivity contribution in [2.75, 3.05) is 0 Å². The third-order valence-corrected chi connectivity index (χ3v) is 3.83. The van der Waals surface area contributed by atoms with Crippen molar-refractivity contribution in [1.82, 2.24) is 0 Å². The van der Waals surface area contributed by atoms with Gasteiger partial charge in [-0.2, -0.15) is 0 Å². The maximum Gasteiger partial charge on any atom is 0.159 e. The zero-order valence-corrected chi connectivity index (χ0v) is 9.99. The first-order chi connectivity index (χ1) is 5.52. The van der Waals surface area contributed by atoms with Crippen LogP contribution in [0.15, 0.2) is 21.1 Å². The first-order valence-corrected chi connectivity index (χ1v) is 5.07. The molecule has 0 fully saturated rings. The van der Waals surface area contributed by atoms with Crippen molar-refractivity contribution in [3.8, 4) is 0 Å². The summed E-state index contributed by atoms with van der Waals surface area (Å²) in [6, 6.07) is 3.69. The number of hydrogen-bond acceptors (Lipinski definition) is 1. The van der Waals surface area contributed by atoms with E-state index in [1.165, 1.54) is 0 Å². The van der Waals surface area contributed by atoms with Crippen LogP contribution in [-0.4, -0.2) is 5.78 Å². The Labute approximate surface area is 88.4 Å². The molecule has 0 bridgehead atoms. The Balaban J connectivity index is 3.31. The monoisotopic (exact) mass is 290 g/mol. The van der Waals surface area contributed by atoms with Crippen LogP contribution in [0.3, 0.4) is 0 Å². The lowest BCUT2D eigenvalue weighted by molar-refractivity contribution is 0.101. The fourth-order valence-corrected chi connectivity index (χ4v) is 1.72. The molecule has 1 aromatic carbocycles. The summed E-state index contributed by atoms with van der Waals surface area (Å²) in [5.74, 6) is 0.0892. The van der Waals surface area contributed by atoms with E-state index in [0.717, 1.165) is 20.1 Å². The van der Waals surface area contributed by atoms with Crippen molar-refractivity contribution in [1.29, 1.82) is 0 Å². The molecule has 1 rings (SSSR count). The first kappa shape index (κ1) is 9.93. The molecular weight excluding hydrogens is 284 g/mol. The van der Waals surface area contributed by atoms with Crippen molar-refractivity contribution >= 4 is 37.6 Å². The Morgan fingerprint density at radius 3 is 2.33 bits per heavy atom. The summed E-state index contributed by atoms with van der Waals surface area (Å²) >= 11 is 6.77. The molecule has 1 nitrogen and oxygen atoms in total. The van der Waals surface area contributed by atoms with Gasteiger partial charge in [0.05, 0.1) is 0 Å². The standard InChI is InChI=1S/C9H8Br2O/c1-5-3-7(6(2)12)4-8(10)9(5)11/h3-4H,1-2H3. The summed E-state index contributed by atoms with van der Waals surface area (Å²) in [5, 5.41) is 0. The molecule has 0 unspecified atom stereocenters. The lowest BCUT2D eigenvalue weighted by atomic mass is 10.1. The molecule has 0 saturated heterocycles. The first-order valence-electron chi connectivity index (χ1n) is 3.49. The average Bonchev–Trinajstić information content (AvgIpc) is 1.99. The van der Waals surface area contributed by atoms with Crippen LogP contribution >= 0.6 is 31.9 Å². The van der Waals surface area contributed by atoms with Crippen LogP contribution in [0.25, 0.3) is 0 Å². The van der Waals surface area contributed by atoms with Gasteiger partial charge < -0.3 is 0 Å². The minimum atomic E-state index is 0.0892. The molecule has 0 atom stereocenters. The zero-order chi connectivity index (χ0) is 9.30. The van der Waals surface area contributed by atoms with E-state index in [1.54, 1.807) is 6.92 Å². The molecule has 0 aliphatic heterocycles. The molecule has 1 aromatic rings. The van der Waals surface area contributed by atoms with Crippen LogP contribution in [0, 0.1) is 6.92 Å². The summed E-state index contributed by atoms with van der Waals surface area (Å²) < 4.78 is 1.93. The summed E-state index contributed by atoms with van der Waals surface area (Å²) in [6.45, 7) is 3.52. The second-order valence-corrected chi connectivity index (χ2v) is 4.29. The van der Waals surface area contributed by atoms with E-state index in [2.05, 4.69) is 31.9 Å². The lowest BCUT2D eigenvalue weighted by Crippen LogP contribution is -1.93. The van der Waals surface area contributed by atoms with Crippen molar-refractivity contribution in [3.05, 3.63) is 32.2 Å². The van der Waals surface area contributed by atoms with E-state index in [4.69, 9.17) is 0 Å². The van der Waals surface area contributed by atoms with Crippen molar-refractivity contribution in [3.63, 3.8) is 0 Å². The average molecular weight is 292 g/mol. The third kappa shape index (κ3) is 1.96. The smallest absolute Gasteiger partial charge is 0.159 e. The molecule has 0 aromatic heterocycles. The molecule has 0 N–H and O–H groups in total. The van der Waals surface area contributed by atoms with Gasteiger partial charge >= 0.3 is 0 Å². The van der Waals surface area contributed by atoms with Gasteiger partial charge in [-0.15, -0.1) is 0 Å². The highest BCUT2D eigenvalue weighted by Crippen LogP contribution is 2.27. The highest BCUT2D eigenvalue weighted by molar-refractivity contribution is 9.13. The van der Waals surface area contributed by atoms with Gasteiger partial charge in [-0.05, 0) is 63.4 Å². The van der Waals surface area contributed by atoms with Gasteiger partial charge in [0.1, 0.15) is 0 Å². The number of halogens is 2. The van der Waals surface area contributed by atoms with Crippen LogP contribution in [-0.2, 0) is 0 Å². The molecule has 0 saturated carbocycles. The Morgan fingerprint density at radius 1 is 1.33 bits per heavy atom. The SMILES string of the molecule is CC(=O)c1cc(C)c(Br)c(Br)c1. The van der Waals surface area contributed by atoms with Crippen molar-refractivity contribution < 1.29 is 4.79 Å². The topological polar surface area (TPSA) is 17.1 Å². The van der Waals surface area contributed by atoms with Crippen LogP contribution in [0.1, 0.15) is 22.8 Å². The van der Waals surface area contributed by atoms with E-state index < -0.39 is 0 Å². The summed E-state index contributed by atoms with van der Waals surface area (Å²) in [5.41, 5.74) is 1.80. The zero-order valence-electron chi connectivity index (χ0n) is 6.82. The maximum absolute atomic E-state index is 11.0. The molecule has 0 aliphatic carbocycles. The number of rotatable bonds is 1. The maximum atomic E-state index is 11.0. The minimum absolute atomic E-state index is 0.0892. The van der Waals surface area contributed by atoms with Crippen LogP contribution in [0.4, 0.5) is 0 Å². The lowest BCUT2D eigenvalue weighted by Gasteiger charge is -2.03. The molecule has 64 valence electrons. The molecular formula is C9H8Br2O. The highest BCUT2D eigenvalue weighted by Gasteiger charge is 2.05. The van der Waals surface area contributed by atoms with E-state index in [-0.39, 0.29) is 5.78 Å². The molecule has 0 aliphatic rings. The van der Waals surface area contributed by atoms with Crippen LogP contribution in [0.2, 0.25) is 0 Å². The van der Waals surface area contributed by atoms with Gasteiger partial charge in [0, 0.05) is 14.5 Å². The quantitative estimate of drug-likeness (QED) is 0.721. The molecule has 3 heteroatoms. The summed E-state index contributed by atoms with van der Waals surface area (Å²) in [6.07, 6.45) is 0. The number of ketones is 1. The number of carbonyl (C=O) groups is 1. The van der Waals surface area contributed by atoms with E-state index in [1.807, 2.05) is 19.1 Å². The van der Waals surface area contributed by atoms with Gasteiger partial charge in [0.15, 0.2) is 5.78 Å². The van der Waals surface area contributed by atoms with E-state index in [9.17, 15) is 4.79 Å². The van der Waals surface area contributed by atoms with E-state index in [0.29, 0.717) is 0 Å².